The van der Waals surface area contributed by atoms with Crippen LogP contribution in [-0.2, 0) is 0 Å². The predicted molar refractivity (Wildman–Crippen MR) is 81.7 cm³/mol. The zero-order valence-corrected chi connectivity index (χ0v) is 13.0. The zero-order chi connectivity index (χ0) is 13.0. The van der Waals surface area contributed by atoms with Crippen molar-refractivity contribution in [2.24, 2.45) is 11.8 Å². The Balaban J connectivity index is 2.09. The zero-order valence-electron chi connectivity index (χ0n) is 11.5. The van der Waals surface area contributed by atoms with E-state index >= 15 is 0 Å². The fraction of sp³-hybridized carbons (Fsp3) is 0.625. The summed E-state index contributed by atoms with van der Waals surface area (Å²) in [6.07, 6.45) is 5.52. The molecule has 1 N–H and O–H groups in total. The molecular formula is C16H24BrN. The molecule has 0 amide bonds. The molecule has 0 aromatic heterocycles. The minimum absolute atomic E-state index is 0.538. The van der Waals surface area contributed by atoms with Crippen LogP contribution in [-0.4, -0.2) is 6.54 Å². The Morgan fingerprint density at radius 3 is 2.33 bits per heavy atom. The molecule has 0 spiro atoms. The summed E-state index contributed by atoms with van der Waals surface area (Å²) < 4.78 is 1.17. The van der Waals surface area contributed by atoms with E-state index in [9.17, 15) is 0 Å². The van der Waals surface area contributed by atoms with E-state index in [-0.39, 0.29) is 0 Å². The van der Waals surface area contributed by atoms with Gasteiger partial charge >= 0.3 is 0 Å². The Kier molecular flexibility index (Phi) is 5.25. The molecule has 1 aliphatic rings. The summed E-state index contributed by atoms with van der Waals surface area (Å²) in [5, 5.41) is 3.69. The van der Waals surface area contributed by atoms with Crippen LogP contribution in [0.4, 0.5) is 0 Å². The first kappa shape index (κ1) is 14.1. The lowest BCUT2D eigenvalue weighted by atomic mass is 9.77. The molecular weight excluding hydrogens is 286 g/mol. The summed E-state index contributed by atoms with van der Waals surface area (Å²) in [4.78, 5) is 0. The van der Waals surface area contributed by atoms with E-state index in [2.05, 4.69) is 59.4 Å². The van der Waals surface area contributed by atoms with E-state index in [0.717, 1.165) is 18.4 Å². The molecule has 1 saturated carbocycles. The van der Waals surface area contributed by atoms with Crippen LogP contribution in [0.2, 0.25) is 0 Å². The van der Waals surface area contributed by atoms with Crippen LogP contribution in [0.5, 0.6) is 0 Å². The molecule has 1 aromatic rings. The average Bonchev–Trinajstić information content (AvgIpc) is 2.39. The Hall–Kier alpha value is -0.340. The number of nitrogens with one attached hydrogen (secondary N) is 1. The van der Waals surface area contributed by atoms with E-state index < -0.39 is 0 Å². The highest BCUT2D eigenvalue weighted by atomic mass is 79.9. The van der Waals surface area contributed by atoms with Crippen molar-refractivity contribution in [1.29, 1.82) is 0 Å². The Morgan fingerprint density at radius 1 is 1.17 bits per heavy atom. The lowest BCUT2D eigenvalue weighted by Crippen LogP contribution is -2.30. The highest BCUT2D eigenvalue weighted by molar-refractivity contribution is 9.10. The van der Waals surface area contributed by atoms with Gasteiger partial charge in [-0.15, -0.1) is 0 Å². The van der Waals surface area contributed by atoms with Crippen LogP contribution >= 0.6 is 15.9 Å². The topological polar surface area (TPSA) is 12.0 Å². The summed E-state index contributed by atoms with van der Waals surface area (Å²) in [7, 11) is 0. The first-order valence-corrected chi connectivity index (χ1v) is 7.99. The molecule has 1 aromatic carbocycles. The van der Waals surface area contributed by atoms with Gasteiger partial charge in [0.2, 0.25) is 0 Å². The molecule has 1 nitrogen and oxygen atoms in total. The number of benzene rings is 1. The van der Waals surface area contributed by atoms with Crippen molar-refractivity contribution in [1.82, 2.24) is 5.32 Å². The summed E-state index contributed by atoms with van der Waals surface area (Å²) in [6.45, 7) is 5.64. The van der Waals surface area contributed by atoms with Crippen LogP contribution in [0, 0.1) is 11.8 Å². The molecule has 0 heterocycles. The van der Waals surface area contributed by atoms with Crippen molar-refractivity contribution < 1.29 is 0 Å². The van der Waals surface area contributed by atoms with Crippen LogP contribution in [0.3, 0.4) is 0 Å². The van der Waals surface area contributed by atoms with E-state index in [1.165, 1.54) is 35.7 Å². The van der Waals surface area contributed by atoms with Gasteiger partial charge in [-0.05, 0) is 48.9 Å². The second-order valence-electron chi connectivity index (χ2n) is 5.61. The Labute approximate surface area is 119 Å². The molecule has 0 aliphatic heterocycles. The van der Waals surface area contributed by atoms with Crippen molar-refractivity contribution in [3.05, 3.63) is 34.3 Å². The quantitative estimate of drug-likeness (QED) is 0.832. The average molecular weight is 310 g/mol. The Bertz CT molecular complexity index is 352. The van der Waals surface area contributed by atoms with Gasteiger partial charge < -0.3 is 5.32 Å². The fourth-order valence-electron chi connectivity index (χ4n) is 3.07. The van der Waals surface area contributed by atoms with Crippen LogP contribution < -0.4 is 5.32 Å². The van der Waals surface area contributed by atoms with E-state index in [1.54, 1.807) is 0 Å². The van der Waals surface area contributed by atoms with Crippen LogP contribution in [0.25, 0.3) is 0 Å². The van der Waals surface area contributed by atoms with Crippen molar-refractivity contribution in [3.63, 3.8) is 0 Å². The molecule has 1 unspecified atom stereocenters. The van der Waals surface area contributed by atoms with Crippen molar-refractivity contribution >= 4 is 15.9 Å². The molecule has 1 atom stereocenters. The van der Waals surface area contributed by atoms with E-state index in [4.69, 9.17) is 0 Å². The summed E-state index contributed by atoms with van der Waals surface area (Å²) >= 11 is 3.52. The molecule has 1 aliphatic carbocycles. The molecule has 18 heavy (non-hydrogen) atoms. The third kappa shape index (κ3) is 3.58. The third-order valence-electron chi connectivity index (χ3n) is 4.19. The van der Waals surface area contributed by atoms with E-state index in [0.29, 0.717) is 6.04 Å². The maximum Gasteiger partial charge on any atom is 0.0348 e. The van der Waals surface area contributed by atoms with Crippen molar-refractivity contribution in [2.45, 2.75) is 45.6 Å². The van der Waals surface area contributed by atoms with E-state index in [1.807, 2.05) is 0 Å². The summed E-state index contributed by atoms with van der Waals surface area (Å²) in [5.74, 6) is 1.73. The highest BCUT2D eigenvalue weighted by Gasteiger charge is 2.26. The fourth-order valence-corrected chi connectivity index (χ4v) is 3.33. The SMILES string of the molecule is CCNC(c1ccc(Br)cc1)C1CCC(C)CC1. The normalized spacial score (nSPS) is 25.9. The molecule has 0 radical (unpaired) electrons. The maximum absolute atomic E-state index is 3.69. The Morgan fingerprint density at radius 2 is 1.78 bits per heavy atom. The predicted octanol–water partition coefficient (Wildman–Crippen LogP) is 4.93. The van der Waals surface area contributed by atoms with Crippen LogP contribution in [0.15, 0.2) is 28.7 Å². The second kappa shape index (κ2) is 6.72. The lowest BCUT2D eigenvalue weighted by Gasteiger charge is -2.33. The van der Waals surface area contributed by atoms with Gasteiger partial charge in [0.05, 0.1) is 0 Å². The summed E-state index contributed by atoms with van der Waals surface area (Å²) in [6, 6.07) is 9.37. The van der Waals surface area contributed by atoms with Gasteiger partial charge in [-0.1, -0.05) is 54.8 Å². The first-order valence-electron chi connectivity index (χ1n) is 7.19. The molecule has 2 heteroatoms. The lowest BCUT2D eigenvalue weighted by molar-refractivity contribution is 0.233. The number of hydrogen-bond acceptors (Lipinski definition) is 1. The van der Waals surface area contributed by atoms with Gasteiger partial charge in [0.1, 0.15) is 0 Å². The standard InChI is InChI=1S/C16H24BrN/c1-3-18-16(13-6-4-12(2)5-7-13)14-8-10-15(17)11-9-14/h8-13,16,18H,3-7H2,1-2H3. The number of halogens is 1. The number of rotatable bonds is 4. The molecule has 2 rings (SSSR count). The third-order valence-corrected chi connectivity index (χ3v) is 4.71. The largest absolute Gasteiger partial charge is 0.310 e. The van der Waals surface area contributed by atoms with Gasteiger partial charge in [0.25, 0.3) is 0 Å². The second-order valence-corrected chi connectivity index (χ2v) is 6.52. The number of hydrogen-bond donors (Lipinski definition) is 1. The molecule has 100 valence electrons. The van der Waals surface area contributed by atoms with Gasteiger partial charge in [-0.3, -0.25) is 0 Å². The minimum Gasteiger partial charge on any atom is -0.310 e. The first-order chi connectivity index (χ1) is 8.70. The van der Waals surface area contributed by atoms with Crippen molar-refractivity contribution in [3.8, 4) is 0 Å². The summed E-state index contributed by atoms with van der Waals surface area (Å²) in [5.41, 5.74) is 1.44. The molecule has 1 fully saturated rings. The van der Waals surface area contributed by atoms with Crippen LogP contribution in [0.1, 0.15) is 51.1 Å². The highest BCUT2D eigenvalue weighted by Crippen LogP contribution is 2.36. The molecule has 0 saturated heterocycles. The van der Waals surface area contributed by atoms with Gasteiger partial charge in [-0.2, -0.15) is 0 Å². The smallest absolute Gasteiger partial charge is 0.0348 e. The van der Waals surface area contributed by atoms with Gasteiger partial charge in [0.15, 0.2) is 0 Å². The van der Waals surface area contributed by atoms with Gasteiger partial charge in [-0.25, -0.2) is 0 Å². The molecule has 0 bridgehead atoms. The monoisotopic (exact) mass is 309 g/mol. The van der Waals surface area contributed by atoms with Crippen molar-refractivity contribution in [2.75, 3.05) is 6.54 Å². The van der Waals surface area contributed by atoms with Gasteiger partial charge in [0, 0.05) is 10.5 Å². The minimum atomic E-state index is 0.538. The maximum atomic E-state index is 3.69.